The van der Waals surface area contributed by atoms with Gasteiger partial charge in [-0.15, -0.1) is 0 Å². The molecule has 2 amide bonds. The van der Waals surface area contributed by atoms with Gasteiger partial charge in [0.05, 0.1) is 18.7 Å². The number of piperidine rings is 1. The molecule has 0 aromatic rings. The van der Waals surface area contributed by atoms with Crippen LogP contribution < -0.4 is 5.32 Å². The van der Waals surface area contributed by atoms with Gasteiger partial charge in [0.15, 0.2) is 0 Å². The van der Waals surface area contributed by atoms with Crippen LogP contribution in [0.4, 0.5) is 0 Å². The minimum atomic E-state index is -0.612. The number of nitrogens with zero attached hydrogens (tertiary/aromatic N) is 2. The van der Waals surface area contributed by atoms with Crippen molar-refractivity contribution < 1.29 is 19.1 Å². The molecule has 1 aliphatic heterocycles. The lowest BCUT2D eigenvalue weighted by molar-refractivity contribution is -0.140. The van der Waals surface area contributed by atoms with E-state index in [-0.39, 0.29) is 41.8 Å². The highest BCUT2D eigenvalue weighted by molar-refractivity contribution is 5.91. The second kappa shape index (κ2) is 12.8. The Kier molecular flexibility index (Phi) is 11.2. The maximum Gasteiger partial charge on any atom is 0.333 e. The Balaban J connectivity index is 2.97. The quantitative estimate of drug-likeness (QED) is 0.420. The molecule has 31 heavy (non-hydrogen) atoms. The van der Waals surface area contributed by atoms with E-state index < -0.39 is 6.04 Å². The smallest absolute Gasteiger partial charge is 0.333 e. The second-order valence-electron chi connectivity index (χ2n) is 9.07. The standard InChI is InChI=1S/C24H43N3O4/c1-9-19(15-18(7)24(30)31-10-2)26(8)23(29)21(16(3)4)25-22(28)20-13-11-12-14-27(20)17(5)6/h15-17,19-21H,9-14H2,1-8H3,(H,25,28)/b18-15+/t19?,20?,21-/m0/s1. The molecule has 0 bridgehead atoms. The first kappa shape index (κ1) is 27.1. The number of likely N-dealkylation sites (tertiary alicyclic amines) is 1. The zero-order valence-corrected chi connectivity index (χ0v) is 20.7. The lowest BCUT2D eigenvalue weighted by Gasteiger charge is -2.39. The van der Waals surface area contributed by atoms with E-state index in [1.807, 2.05) is 20.8 Å². The summed E-state index contributed by atoms with van der Waals surface area (Å²) in [6.45, 7) is 14.7. The minimum Gasteiger partial charge on any atom is -0.463 e. The Morgan fingerprint density at radius 1 is 1.16 bits per heavy atom. The third kappa shape index (κ3) is 7.63. The lowest BCUT2D eigenvalue weighted by atomic mass is 9.97. The van der Waals surface area contributed by atoms with Crippen LogP contribution in [0.3, 0.4) is 0 Å². The van der Waals surface area contributed by atoms with Crippen molar-refractivity contribution in [2.45, 2.75) is 98.3 Å². The van der Waals surface area contributed by atoms with Gasteiger partial charge in [-0.2, -0.15) is 0 Å². The van der Waals surface area contributed by atoms with Crippen LogP contribution in [0.2, 0.25) is 0 Å². The summed E-state index contributed by atoms with van der Waals surface area (Å²) in [4.78, 5) is 42.3. The Morgan fingerprint density at radius 2 is 1.81 bits per heavy atom. The van der Waals surface area contributed by atoms with E-state index in [1.54, 1.807) is 31.9 Å². The van der Waals surface area contributed by atoms with Gasteiger partial charge in [0.25, 0.3) is 0 Å². The first-order valence-electron chi connectivity index (χ1n) is 11.7. The molecular weight excluding hydrogens is 394 g/mol. The molecule has 178 valence electrons. The molecule has 0 aromatic heterocycles. The summed E-state index contributed by atoms with van der Waals surface area (Å²) >= 11 is 0. The fraction of sp³-hybridized carbons (Fsp3) is 0.792. The zero-order chi connectivity index (χ0) is 23.7. The molecule has 2 unspecified atom stereocenters. The topological polar surface area (TPSA) is 79.0 Å². The predicted octanol–water partition coefficient (Wildman–Crippen LogP) is 3.14. The molecule has 0 saturated carbocycles. The highest BCUT2D eigenvalue weighted by Gasteiger charge is 2.35. The largest absolute Gasteiger partial charge is 0.463 e. The summed E-state index contributed by atoms with van der Waals surface area (Å²) in [5.41, 5.74) is 0.480. The maximum absolute atomic E-state index is 13.3. The molecule has 0 aromatic carbocycles. The summed E-state index contributed by atoms with van der Waals surface area (Å²) in [6.07, 6.45) is 5.37. The Labute approximate surface area is 188 Å². The summed E-state index contributed by atoms with van der Waals surface area (Å²) in [5, 5.41) is 3.04. The second-order valence-corrected chi connectivity index (χ2v) is 9.07. The monoisotopic (exact) mass is 437 g/mol. The molecular formula is C24H43N3O4. The number of esters is 1. The highest BCUT2D eigenvalue weighted by Crippen LogP contribution is 2.21. The number of carbonyl (C=O) groups is 3. The Hall–Kier alpha value is -1.89. The van der Waals surface area contributed by atoms with Gasteiger partial charge in [0.1, 0.15) is 6.04 Å². The molecule has 1 saturated heterocycles. The van der Waals surface area contributed by atoms with Gasteiger partial charge in [0, 0.05) is 18.7 Å². The van der Waals surface area contributed by atoms with Crippen molar-refractivity contribution in [2.24, 2.45) is 5.92 Å². The number of amides is 2. The van der Waals surface area contributed by atoms with Crippen LogP contribution in [0.1, 0.15) is 74.1 Å². The van der Waals surface area contributed by atoms with Crippen LogP contribution in [0, 0.1) is 5.92 Å². The predicted molar refractivity (Wildman–Crippen MR) is 123 cm³/mol. The van der Waals surface area contributed by atoms with Crippen LogP contribution in [-0.2, 0) is 19.1 Å². The van der Waals surface area contributed by atoms with Crippen LogP contribution in [0.15, 0.2) is 11.6 Å². The molecule has 0 spiro atoms. The minimum absolute atomic E-state index is 0.0531. The summed E-state index contributed by atoms with van der Waals surface area (Å²) in [7, 11) is 1.73. The molecule has 1 rings (SSSR count). The van der Waals surface area contributed by atoms with E-state index in [0.717, 1.165) is 25.8 Å². The molecule has 1 heterocycles. The molecule has 3 atom stereocenters. The van der Waals surface area contributed by atoms with Gasteiger partial charge in [-0.3, -0.25) is 14.5 Å². The lowest BCUT2D eigenvalue weighted by Crippen LogP contribution is -2.58. The van der Waals surface area contributed by atoms with Gasteiger partial charge in [-0.1, -0.05) is 33.3 Å². The number of likely N-dealkylation sites (N-methyl/N-ethyl adjacent to an activating group) is 1. The van der Waals surface area contributed by atoms with Crippen molar-refractivity contribution in [1.29, 1.82) is 0 Å². The third-order valence-electron chi connectivity index (χ3n) is 6.04. The normalized spacial score (nSPS) is 19.8. The third-order valence-corrected chi connectivity index (χ3v) is 6.04. The molecule has 7 heteroatoms. The van der Waals surface area contributed by atoms with Crippen molar-refractivity contribution >= 4 is 17.8 Å². The highest BCUT2D eigenvalue weighted by atomic mass is 16.5. The van der Waals surface area contributed by atoms with Crippen LogP contribution in [-0.4, -0.2) is 72.0 Å². The molecule has 1 N–H and O–H groups in total. The zero-order valence-electron chi connectivity index (χ0n) is 20.7. The number of ether oxygens (including phenoxy) is 1. The first-order valence-corrected chi connectivity index (χ1v) is 11.7. The Bertz CT molecular complexity index is 645. The van der Waals surface area contributed by atoms with Gasteiger partial charge >= 0.3 is 5.97 Å². The fourth-order valence-corrected chi connectivity index (χ4v) is 4.10. The van der Waals surface area contributed by atoms with Gasteiger partial charge in [0.2, 0.25) is 11.8 Å². The fourth-order valence-electron chi connectivity index (χ4n) is 4.10. The Morgan fingerprint density at radius 3 is 2.32 bits per heavy atom. The number of rotatable bonds is 10. The summed E-state index contributed by atoms with van der Waals surface area (Å²) < 4.78 is 5.05. The van der Waals surface area contributed by atoms with E-state index in [2.05, 4.69) is 24.1 Å². The van der Waals surface area contributed by atoms with Gasteiger partial charge in [-0.05, 0) is 59.4 Å². The molecule has 0 aliphatic carbocycles. The molecule has 1 aliphatic rings. The van der Waals surface area contributed by atoms with Gasteiger partial charge < -0.3 is 15.0 Å². The van der Waals surface area contributed by atoms with Gasteiger partial charge in [-0.25, -0.2) is 4.79 Å². The molecule has 1 fully saturated rings. The van der Waals surface area contributed by atoms with Crippen molar-refractivity contribution in [1.82, 2.24) is 15.1 Å². The van der Waals surface area contributed by atoms with Crippen molar-refractivity contribution in [3.05, 3.63) is 11.6 Å². The van der Waals surface area contributed by atoms with E-state index >= 15 is 0 Å². The summed E-state index contributed by atoms with van der Waals surface area (Å²) in [6, 6.07) is -0.774. The van der Waals surface area contributed by atoms with Crippen LogP contribution in [0.25, 0.3) is 0 Å². The van der Waals surface area contributed by atoms with Crippen molar-refractivity contribution in [3.63, 3.8) is 0 Å². The average molecular weight is 438 g/mol. The number of nitrogens with one attached hydrogen (secondary N) is 1. The molecule has 0 radical (unpaired) electrons. The molecule has 7 nitrogen and oxygen atoms in total. The van der Waals surface area contributed by atoms with E-state index in [0.29, 0.717) is 18.6 Å². The number of hydrogen-bond acceptors (Lipinski definition) is 5. The van der Waals surface area contributed by atoms with E-state index in [1.165, 1.54) is 0 Å². The van der Waals surface area contributed by atoms with Crippen molar-refractivity contribution in [3.8, 4) is 0 Å². The van der Waals surface area contributed by atoms with E-state index in [4.69, 9.17) is 4.74 Å². The van der Waals surface area contributed by atoms with Crippen LogP contribution in [0.5, 0.6) is 0 Å². The van der Waals surface area contributed by atoms with Crippen LogP contribution >= 0.6 is 0 Å². The van der Waals surface area contributed by atoms with E-state index in [9.17, 15) is 14.4 Å². The maximum atomic E-state index is 13.3. The number of hydrogen-bond donors (Lipinski definition) is 1. The summed E-state index contributed by atoms with van der Waals surface area (Å²) in [5.74, 6) is -0.639. The first-order chi connectivity index (χ1) is 14.5. The average Bonchev–Trinajstić information content (AvgIpc) is 2.74. The van der Waals surface area contributed by atoms with Crippen molar-refractivity contribution in [2.75, 3.05) is 20.2 Å². The number of carbonyl (C=O) groups excluding carboxylic acids is 3. The SMILES string of the molecule is CCOC(=O)/C(C)=C/C(CC)N(C)C(=O)[C@@H](NC(=O)C1CCCCN1C(C)C)C(C)C.